The Morgan fingerprint density at radius 1 is 0.393 bits per heavy atom. The molecule has 0 aliphatic heterocycles. The fourth-order valence-electron chi connectivity index (χ4n) is 8.60. The molecule has 0 bridgehead atoms. The van der Waals surface area contributed by atoms with Crippen LogP contribution in [0.2, 0.25) is 0 Å². The van der Waals surface area contributed by atoms with E-state index in [9.17, 15) is 5.11 Å². The number of allylic oxidation sites excluding steroid dienone is 6. The van der Waals surface area contributed by atoms with Crippen molar-refractivity contribution in [2.24, 2.45) is 0 Å². The molecule has 3 N–H and O–H groups in total. The normalized spacial score (nSPS) is 12.9. The van der Waals surface area contributed by atoms with Crippen LogP contribution in [0.5, 0.6) is 0 Å². The molecule has 0 radical (unpaired) electrons. The van der Waals surface area contributed by atoms with Crippen LogP contribution in [0.4, 0.5) is 5.69 Å². The summed E-state index contributed by atoms with van der Waals surface area (Å²) in [5, 5.41) is 11.0. The molecule has 0 heterocycles. The van der Waals surface area contributed by atoms with Crippen LogP contribution in [-0.4, -0.2) is 30.8 Å². The van der Waals surface area contributed by atoms with Gasteiger partial charge in [0.2, 0.25) is 0 Å². The number of para-hydroxylation sites is 1. The Morgan fingerprint density at radius 2 is 0.705 bits per heavy atom. The maximum absolute atomic E-state index is 11.0. The van der Waals surface area contributed by atoms with Gasteiger partial charge in [-0.2, -0.15) is 0 Å². The predicted octanol–water partition coefficient (Wildman–Crippen LogP) is 17.9. The second-order valence-corrected chi connectivity index (χ2v) is 18.6. The lowest BCUT2D eigenvalue weighted by Crippen LogP contribution is -2.68. The number of quaternary nitrogens is 1. The molecule has 0 saturated carbocycles. The van der Waals surface area contributed by atoms with Gasteiger partial charge in [0, 0.05) is 31.6 Å². The molecule has 4 nitrogen and oxygen atoms in total. The van der Waals surface area contributed by atoms with Gasteiger partial charge in [0.25, 0.3) is 0 Å². The van der Waals surface area contributed by atoms with Gasteiger partial charge >= 0.3 is 0 Å². The fourth-order valence-corrected chi connectivity index (χ4v) is 8.60. The van der Waals surface area contributed by atoms with Gasteiger partial charge < -0.3 is 5.11 Å². The highest BCUT2D eigenvalue weighted by molar-refractivity contribution is 5.40. The van der Waals surface area contributed by atoms with Gasteiger partial charge in [0.05, 0.1) is 6.10 Å². The molecule has 0 spiro atoms. The predicted molar refractivity (Wildman–Crippen MR) is 275 cm³/mol. The lowest BCUT2D eigenvalue weighted by atomic mass is 10.1. The zero-order chi connectivity index (χ0) is 43.8. The first kappa shape index (κ1) is 57.3. The Morgan fingerprint density at radius 3 is 1.08 bits per heavy atom. The highest BCUT2D eigenvalue weighted by Crippen LogP contribution is 2.21. The summed E-state index contributed by atoms with van der Waals surface area (Å²) in [5.74, 6) is 0. The quantitative estimate of drug-likeness (QED) is 0.0265. The maximum Gasteiger partial charge on any atom is 0.171 e. The standard InChI is InChI=1S/C57H106N3O/c1-4-7-10-13-16-19-22-24-26-28-31-34-37-40-46-53-58-60(56-49-43-42-44-50-56,55-48-52-57(61)51-45-39-36-33-30-21-18-15-12-9-6-3)59-54-47-41-38-35-32-29-27-25-23-20-17-14-11-8-5-2/h24-27,33,36,42-44,49-50,57-59,61H,4-23,28-32,34-35,37-41,45-48,51-55H2,1-3H3/q+1/b26-24-,27-25-,36-33-. The lowest BCUT2D eigenvalue weighted by molar-refractivity contribution is 0.0975. The minimum Gasteiger partial charge on any atom is -0.393 e. The molecule has 1 atom stereocenters. The summed E-state index contributed by atoms with van der Waals surface area (Å²) in [6.45, 7) is 9.82. The summed E-state index contributed by atoms with van der Waals surface area (Å²) < 4.78 is 0.613. The molecule has 4 heteroatoms. The van der Waals surface area contributed by atoms with Crippen molar-refractivity contribution in [3.8, 4) is 0 Å². The maximum atomic E-state index is 11.0. The summed E-state index contributed by atoms with van der Waals surface area (Å²) in [7, 11) is 0. The number of nitrogens with one attached hydrogen (secondary N) is 2. The SMILES string of the molecule is CCCCCCCC/C=C\CCCCCCCN[N+](CCCC(O)CCC/C=C\CCCCCCCC)(NCCCCCCC/C=C\CCCCCCCC)c1ccccc1. The van der Waals surface area contributed by atoms with Crippen LogP contribution in [0.1, 0.15) is 265 Å². The summed E-state index contributed by atoms with van der Waals surface area (Å²) in [4.78, 5) is 0. The Balaban J connectivity index is 2.55. The second-order valence-electron chi connectivity index (χ2n) is 18.6. The first-order chi connectivity index (χ1) is 30.2. The molecule has 1 unspecified atom stereocenters. The largest absolute Gasteiger partial charge is 0.393 e. The fraction of sp³-hybridized carbons (Fsp3) is 0.789. The van der Waals surface area contributed by atoms with E-state index >= 15 is 0 Å². The van der Waals surface area contributed by atoms with E-state index in [1.54, 1.807) is 0 Å². The van der Waals surface area contributed by atoms with Crippen LogP contribution >= 0.6 is 0 Å². The van der Waals surface area contributed by atoms with Crippen molar-refractivity contribution in [3.63, 3.8) is 0 Å². The zero-order valence-electron chi connectivity index (χ0n) is 41.3. The summed E-state index contributed by atoms with van der Waals surface area (Å²) >= 11 is 0. The van der Waals surface area contributed by atoms with Crippen molar-refractivity contribution in [2.45, 2.75) is 271 Å². The molecule has 61 heavy (non-hydrogen) atoms. The Labute approximate surface area is 382 Å². The minimum absolute atomic E-state index is 0.222. The molecule has 1 rings (SSSR count). The van der Waals surface area contributed by atoms with E-state index in [1.807, 2.05) is 0 Å². The number of benzene rings is 1. The van der Waals surface area contributed by atoms with Crippen molar-refractivity contribution < 1.29 is 5.11 Å². The number of aliphatic hydroxyl groups is 1. The average Bonchev–Trinajstić information content (AvgIpc) is 3.28. The number of hydrogen-bond donors (Lipinski definition) is 3. The summed E-state index contributed by atoms with van der Waals surface area (Å²) in [6.07, 6.45) is 63.1. The molecule has 0 aliphatic carbocycles. The van der Waals surface area contributed by atoms with E-state index in [4.69, 9.17) is 0 Å². The average molecular weight is 849 g/mol. The third kappa shape index (κ3) is 37.4. The number of rotatable bonds is 48. The number of aliphatic hydroxyl groups excluding tert-OH is 1. The molecule has 0 amide bonds. The van der Waals surface area contributed by atoms with Gasteiger partial charge in [-0.3, -0.25) is 0 Å². The van der Waals surface area contributed by atoms with Crippen LogP contribution < -0.4 is 15.6 Å². The van der Waals surface area contributed by atoms with Gasteiger partial charge in [-0.15, -0.1) is 15.6 Å². The number of nitrogens with zero attached hydrogens (tertiary/aromatic N) is 1. The van der Waals surface area contributed by atoms with E-state index in [0.29, 0.717) is 4.70 Å². The molecular weight excluding hydrogens is 743 g/mol. The first-order valence-electron chi connectivity index (χ1n) is 27.3. The molecular formula is C57H106N3O+. The van der Waals surface area contributed by atoms with Crippen LogP contribution in [0.3, 0.4) is 0 Å². The van der Waals surface area contributed by atoms with Crippen molar-refractivity contribution in [3.05, 3.63) is 66.8 Å². The smallest absolute Gasteiger partial charge is 0.171 e. The Hall–Kier alpha value is -1.72. The van der Waals surface area contributed by atoms with Crippen molar-refractivity contribution in [1.29, 1.82) is 0 Å². The third-order valence-corrected chi connectivity index (χ3v) is 12.7. The third-order valence-electron chi connectivity index (χ3n) is 12.7. The van der Waals surface area contributed by atoms with Crippen LogP contribution in [0.25, 0.3) is 0 Å². The lowest BCUT2D eigenvalue weighted by Gasteiger charge is -2.37. The van der Waals surface area contributed by atoms with Crippen LogP contribution in [0.15, 0.2) is 66.8 Å². The van der Waals surface area contributed by atoms with Crippen LogP contribution in [0, 0.1) is 0 Å². The summed E-state index contributed by atoms with van der Waals surface area (Å²) in [6, 6.07) is 11.1. The number of hydrogen-bond acceptors (Lipinski definition) is 3. The molecule has 1 aromatic rings. The van der Waals surface area contributed by atoms with E-state index in [1.165, 1.54) is 218 Å². The van der Waals surface area contributed by atoms with E-state index in [0.717, 1.165) is 51.7 Å². The van der Waals surface area contributed by atoms with Gasteiger partial charge in [-0.25, -0.2) is 0 Å². The highest BCUT2D eigenvalue weighted by Gasteiger charge is 2.30. The van der Waals surface area contributed by atoms with Crippen molar-refractivity contribution in [2.75, 3.05) is 19.6 Å². The van der Waals surface area contributed by atoms with Gasteiger partial charge in [0.15, 0.2) is 5.69 Å². The van der Waals surface area contributed by atoms with E-state index in [-0.39, 0.29) is 6.10 Å². The Kier molecular flexibility index (Phi) is 43.5. The minimum atomic E-state index is -0.222. The molecule has 0 aliphatic rings. The van der Waals surface area contributed by atoms with Crippen LogP contribution in [-0.2, 0) is 0 Å². The molecule has 1 aromatic carbocycles. The summed E-state index contributed by atoms with van der Waals surface area (Å²) in [5.41, 5.74) is 9.34. The molecule has 354 valence electrons. The Bertz CT molecular complexity index is 1040. The van der Waals surface area contributed by atoms with Crippen molar-refractivity contribution >= 4 is 5.69 Å². The number of unbranched alkanes of at least 4 members (excludes halogenated alkanes) is 29. The van der Waals surface area contributed by atoms with Gasteiger partial charge in [-0.1, -0.05) is 210 Å². The van der Waals surface area contributed by atoms with Gasteiger partial charge in [-0.05, 0) is 103 Å². The zero-order valence-corrected chi connectivity index (χ0v) is 41.3. The topological polar surface area (TPSA) is 44.3 Å². The first-order valence-corrected chi connectivity index (χ1v) is 27.3. The molecule has 0 fully saturated rings. The van der Waals surface area contributed by atoms with Crippen molar-refractivity contribution in [1.82, 2.24) is 15.6 Å². The molecule has 0 saturated heterocycles. The van der Waals surface area contributed by atoms with Gasteiger partial charge in [0.1, 0.15) is 6.54 Å². The van der Waals surface area contributed by atoms with E-state index in [2.05, 4.69) is 98.4 Å². The second kappa shape index (κ2) is 46.3. The molecule has 0 aromatic heterocycles. The monoisotopic (exact) mass is 849 g/mol. The highest BCUT2D eigenvalue weighted by atomic mass is 16.3. The van der Waals surface area contributed by atoms with E-state index < -0.39 is 0 Å².